The van der Waals surface area contributed by atoms with Crippen molar-refractivity contribution in [2.24, 2.45) is 5.73 Å². The molecule has 0 aromatic heterocycles. The van der Waals surface area contributed by atoms with E-state index in [9.17, 15) is 0 Å². The first-order valence-electron chi connectivity index (χ1n) is 4.48. The molecule has 0 aromatic carbocycles. The predicted molar refractivity (Wildman–Crippen MR) is 50.1 cm³/mol. The highest BCUT2D eigenvalue weighted by atomic mass is 16.4. The van der Waals surface area contributed by atoms with Crippen molar-refractivity contribution in [3.05, 3.63) is 0 Å². The second-order valence-electron chi connectivity index (χ2n) is 2.39. The number of aliphatic hydroxyl groups is 4. The highest BCUT2D eigenvalue weighted by Gasteiger charge is 2.22. The van der Waals surface area contributed by atoms with Gasteiger partial charge in [0, 0.05) is 0 Å². The maximum absolute atomic E-state index is 9.02. The molecule has 0 bridgehead atoms. The maximum Gasteiger partial charge on any atom is 0.108 e. The average Bonchev–Trinajstić information content (AvgIpc) is 2.19. The van der Waals surface area contributed by atoms with Crippen LogP contribution in [0.25, 0.3) is 0 Å². The van der Waals surface area contributed by atoms with Gasteiger partial charge in [0.2, 0.25) is 0 Å². The van der Waals surface area contributed by atoms with Gasteiger partial charge >= 0.3 is 0 Å². The molecule has 0 aromatic rings. The summed E-state index contributed by atoms with van der Waals surface area (Å²) < 4.78 is 0. The average molecular weight is 195 g/mol. The second-order valence-corrected chi connectivity index (χ2v) is 2.39. The summed E-state index contributed by atoms with van der Waals surface area (Å²) >= 11 is 0. The summed E-state index contributed by atoms with van der Waals surface area (Å²) in [4.78, 5) is 0. The van der Waals surface area contributed by atoms with E-state index in [0.717, 1.165) is 0 Å². The van der Waals surface area contributed by atoms with Gasteiger partial charge in [-0.15, -0.1) is 0 Å². The molecule has 0 saturated carbocycles. The van der Waals surface area contributed by atoms with E-state index < -0.39 is 24.9 Å². The van der Waals surface area contributed by atoms with Crippen LogP contribution in [0.1, 0.15) is 20.3 Å². The fourth-order valence-corrected chi connectivity index (χ4v) is 0.706. The third kappa shape index (κ3) is 6.92. The summed E-state index contributed by atoms with van der Waals surface area (Å²) in [6, 6.07) is 0. The van der Waals surface area contributed by atoms with Crippen LogP contribution in [0.4, 0.5) is 0 Å². The molecule has 13 heavy (non-hydrogen) atoms. The Hall–Kier alpha value is -0.200. The van der Waals surface area contributed by atoms with E-state index in [1.165, 1.54) is 0 Å². The van der Waals surface area contributed by atoms with E-state index in [-0.39, 0.29) is 13.0 Å². The number of aliphatic hydroxyl groups excluding tert-OH is 4. The number of nitrogens with two attached hydrogens (primary N) is 1. The Morgan fingerprint density at radius 1 is 1.08 bits per heavy atom. The second kappa shape index (κ2) is 9.88. The maximum atomic E-state index is 9.02. The Bertz CT molecular complexity index is 102. The molecule has 5 nitrogen and oxygen atoms in total. The first kappa shape index (κ1) is 15.3. The largest absolute Gasteiger partial charge is 0.394 e. The van der Waals surface area contributed by atoms with Crippen LogP contribution in [0, 0.1) is 0 Å². The molecular weight excluding hydrogens is 174 g/mol. The van der Waals surface area contributed by atoms with Crippen molar-refractivity contribution in [3.8, 4) is 0 Å². The summed E-state index contributed by atoms with van der Waals surface area (Å²) in [7, 11) is 0. The standard InChI is InChI=1S/C6H15NO4.C2H6/c7-2-1-4(9)6(11)5(10)3-8;1-2/h4-6,8-11H,1-3,7H2;1-2H3. The molecule has 6 N–H and O–H groups in total. The monoisotopic (exact) mass is 195 g/mol. The summed E-state index contributed by atoms with van der Waals surface area (Å²) in [5.41, 5.74) is 5.09. The van der Waals surface area contributed by atoms with Crippen molar-refractivity contribution in [1.29, 1.82) is 0 Å². The van der Waals surface area contributed by atoms with Gasteiger partial charge < -0.3 is 26.2 Å². The minimum Gasteiger partial charge on any atom is -0.394 e. The Morgan fingerprint density at radius 3 is 1.85 bits per heavy atom. The molecule has 0 radical (unpaired) electrons. The Balaban J connectivity index is 0. The van der Waals surface area contributed by atoms with Crippen LogP contribution in [-0.4, -0.2) is 51.9 Å². The lowest BCUT2D eigenvalue weighted by atomic mass is 10.1. The molecule has 5 heteroatoms. The fourth-order valence-electron chi connectivity index (χ4n) is 0.706. The third-order valence-electron chi connectivity index (χ3n) is 1.44. The van der Waals surface area contributed by atoms with E-state index in [1.54, 1.807) is 0 Å². The Kier molecular flexibility index (Phi) is 11.6. The molecule has 0 rings (SSSR count). The number of rotatable bonds is 5. The van der Waals surface area contributed by atoms with Crippen LogP contribution in [0.5, 0.6) is 0 Å². The smallest absolute Gasteiger partial charge is 0.108 e. The highest BCUT2D eigenvalue weighted by Crippen LogP contribution is 2.02. The zero-order valence-electron chi connectivity index (χ0n) is 8.22. The topological polar surface area (TPSA) is 107 Å². The molecule has 82 valence electrons. The first-order chi connectivity index (χ1) is 6.13. The Morgan fingerprint density at radius 2 is 1.54 bits per heavy atom. The highest BCUT2D eigenvalue weighted by molar-refractivity contribution is 4.74. The third-order valence-corrected chi connectivity index (χ3v) is 1.44. The van der Waals surface area contributed by atoms with Crippen LogP contribution < -0.4 is 5.73 Å². The molecule has 0 fully saturated rings. The molecule has 0 saturated heterocycles. The van der Waals surface area contributed by atoms with Gasteiger partial charge in [-0.3, -0.25) is 0 Å². The van der Waals surface area contributed by atoms with Gasteiger partial charge in [0.1, 0.15) is 12.2 Å². The van der Waals surface area contributed by atoms with Gasteiger partial charge in [-0.25, -0.2) is 0 Å². The SMILES string of the molecule is CC.NCCC(O)C(O)C(O)CO. The van der Waals surface area contributed by atoms with Gasteiger partial charge in [-0.05, 0) is 13.0 Å². The normalized spacial score (nSPS) is 16.8. The van der Waals surface area contributed by atoms with Gasteiger partial charge in [0.15, 0.2) is 0 Å². The van der Waals surface area contributed by atoms with E-state index in [1.807, 2.05) is 13.8 Å². The van der Waals surface area contributed by atoms with E-state index in [0.29, 0.717) is 0 Å². The van der Waals surface area contributed by atoms with Crippen LogP contribution in [0.15, 0.2) is 0 Å². The Labute approximate surface area is 78.8 Å². The van der Waals surface area contributed by atoms with Crippen molar-refractivity contribution >= 4 is 0 Å². The van der Waals surface area contributed by atoms with Crippen LogP contribution in [0.3, 0.4) is 0 Å². The van der Waals surface area contributed by atoms with Crippen LogP contribution >= 0.6 is 0 Å². The molecule has 0 heterocycles. The quantitative estimate of drug-likeness (QED) is 0.364. The van der Waals surface area contributed by atoms with Crippen molar-refractivity contribution in [3.63, 3.8) is 0 Å². The minimum absolute atomic E-state index is 0.207. The molecule has 0 aliphatic heterocycles. The molecule has 0 amide bonds. The van der Waals surface area contributed by atoms with Crippen LogP contribution in [-0.2, 0) is 0 Å². The zero-order valence-corrected chi connectivity index (χ0v) is 8.22. The van der Waals surface area contributed by atoms with Crippen molar-refractivity contribution in [1.82, 2.24) is 0 Å². The summed E-state index contributed by atoms with van der Waals surface area (Å²) in [5, 5.41) is 35.2. The lowest BCUT2D eigenvalue weighted by Gasteiger charge is -2.20. The van der Waals surface area contributed by atoms with Crippen molar-refractivity contribution < 1.29 is 20.4 Å². The summed E-state index contributed by atoms with van der Waals surface area (Å²) in [6.07, 6.45) is -3.47. The van der Waals surface area contributed by atoms with E-state index >= 15 is 0 Å². The van der Waals surface area contributed by atoms with Gasteiger partial charge in [-0.1, -0.05) is 13.8 Å². The van der Waals surface area contributed by atoms with Crippen molar-refractivity contribution in [2.75, 3.05) is 13.2 Å². The molecule has 0 spiro atoms. The lowest BCUT2D eigenvalue weighted by molar-refractivity contribution is -0.0773. The number of hydrogen-bond acceptors (Lipinski definition) is 5. The van der Waals surface area contributed by atoms with Crippen molar-refractivity contribution in [2.45, 2.75) is 38.6 Å². The minimum atomic E-state index is -1.32. The molecule has 0 aliphatic rings. The van der Waals surface area contributed by atoms with E-state index in [4.69, 9.17) is 26.2 Å². The van der Waals surface area contributed by atoms with Gasteiger partial charge in [-0.2, -0.15) is 0 Å². The molecule has 0 aliphatic carbocycles. The molecular formula is C8H21NO4. The number of hydrogen-bond donors (Lipinski definition) is 5. The lowest BCUT2D eigenvalue weighted by Crippen LogP contribution is -2.40. The zero-order chi connectivity index (χ0) is 10.9. The predicted octanol–water partition coefficient (Wildman–Crippen LogP) is -1.56. The van der Waals surface area contributed by atoms with E-state index in [2.05, 4.69) is 0 Å². The fraction of sp³-hybridized carbons (Fsp3) is 1.00. The van der Waals surface area contributed by atoms with Crippen LogP contribution in [0.2, 0.25) is 0 Å². The summed E-state index contributed by atoms with van der Waals surface area (Å²) in [6.45, 7) is 3.67. The molecule has 3 atom stereocenters. The van der Waals surface area contributed by atoms with Gasteiger partial charge in [0.05, 0.1) is 12.7 Å². The molecule has 3 unspecified atom stereocenters. The summed E-state index contributed by atoms with van der Waals surface area (Å²) in [5.74, 6) is 0. The van der Waals surface area contributed by atoms with Gasteiger partial charge in [0.25, 0.3) is 0 Å². The first-order valence-corrected chi connectivity index (χ1v) is 4.48.